The van der Waals surface area contributed by atoms with Crippen molar-refractivity contribution < 1.29 is 22.7 Å². The van der Waals surface area contributed by atoms with Crippen LogP contribution in [0.25, 0.3) is 21.0 Å². The second-order valence-corrected chi connectivity index (χ2v) is 7.90. The molecule has 160 valence electrons. The number of ether oxygens (including phenoxy) is 1. The first kappa shape index (κ1) is 21.0. The third-order valence-electron chi connectivity index (χ3n) is 4.69. The lowest BCUT2D eigenvalue weighted by atomic mass is 10.1. The maximum absolute atomic E-state index is 13.1. The van der Waals surface area contributed by atoms with Gasteiger partial charge in [0.15, 0.2) is 5.01 Å². The summed E-state index contributed by atoms with van der Waals surface area (Å²) < 4.78 is 45.6. The Kier molecular flexibility index (Phi) is 5.26. The van der Waals surface area contributed by atoms with E-state index in [2.05, 4.69) is 10.1 Å². The van der Waals surface area contributed by atoms with E-state index in [1.54, 1.807) is 18.2 Å². The molecule has 0 bridgehead atoms. The molecule has 0 saturated carbocycles. The zero-order chi connectivity index (χ0) is 22.3. The fourth-order valence-corrected chi connectivity index (χ4v) is 4.16. The van der Waals surface area contributed by atoms with Crippen molar-refractivity contribution in [2.24, 2.45) is 0 Å². The van der Waals surface area contributed by atoms with E-state index in [1.165, 1.54) is 19.1 Å². The summed E-state index contributed by atoms with van der Waals surface area (Å²) in [5.41, 5.74) is 1.14. The minimum absolute atomic E-state index is 0.00601. The van der Waals surface area contributed by atoms with Crippen LogP contribution in [0.4, 0.5) is 13.2 Å². The highest BCUT2D eigenvalue weighted by molar-refractivity contribution is 7.18. The number of esters is 1. The summed E-state index contributed by atoms with van der Waals surface area (Å²) >= 11 is 0.561. The Hall–Kier alpha value is -3.27. The lowest BCUT2D eigenvalue weighted by Crippen LogP contribution is -2.25. The van der Waals surface area contributed by atoms with E-state index in [4.69, 9.17) is 4.74 Å². The summed E-state index contributed by atoms with van der Waals surface area (Å²) in [5, 5.41) is 4.10. The monoisotopic (exact) mass is 447 g/mol. The van der Waals surface area contributed by atoms with Gasteiger partial charge in [0.05, 0.1) is 27.5 Å². The molecule has 0 saturated heterocycles. The molecule has 6 nitrogen and oxygen atoms in total. The molecule has 0 atom stereocenters. The Morgan fingerprint density at radius 2 is 2.00 bits per heavy atom. The number of aromatic nitrogens is 3. The molecule has 0 spiro atoms. The van der Waals surface area contributed by atoms with Crippen molar-refractivity contribution in [1.29, 1.82) is 0 Å². The van der Waals surface area contributed by atoms with Gasteiger partial charge in [0, 0.05) is 6.92 Å². The highest BCUT2D eigenvalue weighted by atomic mass is 32.1. The molecule has 4 rings (SSSR count). The van der Waals surface area contributed by atoms with Crippen molar-refractivity contribution in [3.8, 4) is 5.88 Å². The fraction of sp³-hybridized carbons (Fsp3) is 0.238. The van der Waals surface area contributed by atoms with Crippen molar-refractivity contribution >= 4 is 38.3 Å². The van der Waals surface area contributed by atoms with Gasteiger partial charge < -0.3 is 4.74 Å². The average molecular weight is 447 g/mol. The Morgan fingerprint density at radius 1 is 1.23 bits per heavy atom. The van der Waals surface area contributed by atoms with Gasteiger partial charge in [0.2, 0.25) is 5.88 Å². The van der Waals surface area contributed by atoms with Crippen LogP contribution in [0.5, 0.6) is 5.88 Å². The Labute approximate surface area is 177 Å². The van der Waals surface area contributed by atoms with Crippen LogP contribution in [-0.2, 0) is 23.9 Å². The largest absolute Gasteiger partial charge is 0.443 e. The first-order valence-corrected chi connectivity index (χ1v) is 10.2. The van der Waals surface area contributed by atoms with Gasteiger partial charge in [0.1, 0.15) is 0 Å². The third kappa shape index (κ3) is 4.02. The number of rotatable bonds is 4. The molecule has 0 aliphatic heterocycles. The number of thiazole rings is 1. The van der Waals surface area contributed by atoms with E-state index >= 15 is 0 Å². The van der Waals surface area contributed by atoms with Gasteiger partial charge in [-0.25, -0.2) is 9.67 Å². The molecule has 0 radical (unpaired) electrons. The van der Waals surface area contributed by atoms with Crippen LogP contribution in [0.2, 0.25) is 0 Å². The van der Waals surface area contributed by atoms with Gasteiger partial charge in [0.25, 0.3) is 5.56 Å². The van der Waals surface area contributed by atoms with Crippen LogP contribution in [0.3, 0.4) is 0 Å². The molecule has 2 heterocycles. The number of carbonyl (C=O) groups is 1. The van der Waals surface area contributed by atoms with E-state index in [1.807, 2.05) is 13.0 Å². The van der Waals surface area contributed by atoms with Gasteiger partial charge in [-0.1, -0.05) is 25.1 Å². The third-order valence-corrected chi connectivity index (χ3v) is 5.77. The van der Waals surface area contributed by atoms with Gasteiger partial charge >= 0.3 is 12.1 Å². The number of benzene rings is 2. The van der Waals surface area contributed by atoms with Gasteiger partial charge in [-0.05, 0) is 35.7 Å². The molecule has 0 fully saturated rings. The van der Waals surface area contributed by atoms with Crippen LogP contribution in [0.1, 0.15) is 30.0 Å². The Morgan fingerprint density at radius 3 is 2.68 bits per heavy atom. The molecule has 2 aromatic heterocycles. The number of hydrogen-bond acceptors (Lipinski definition) is 6. The van der Waals surface area contributed by atoms with Crippen molar-refractivity contribution in [3.63, 3.8) is 0 Å². The SMILES string of the molecule is CCc1cccc2c(OC(C)=O)nn(Cc3ccc4sc(C(F)(F)F)nc4c3)c(=O)c12. The molecule has 0 aliphatic carbocycles. The number of nitrogens with zero attached hydrogens (tertiary/aromatic N) is 3. The smallest absolute Gasteiger partial charge is 0.405 e. The molecular formula is C21H16F3N3O3S. The summed E-state index contributed by atoms with van der Waals surface area (Å²) in [6.07, 6.45) is -3.93. The highest BCUT2D eigenvalue weighted by Gasteiger charge is 2.34. The lowest BCUT2D eigenvalue weighted by Gasteiger charge is -2.12. The first-order chi connectivity index (χ1) is 14.7. The fourth-order valence-electron chi connectivity index (χ4n) is 3.35. The minimum Gasteiger partial charge on any atom is -0.405 e. The maximum Gasteiger partial charge on any atom is 0.443 e. The molecule has 0 N–H and O–H groups in total. The molecule has 4 aromatic rings. The molecule has 2 aromatic carbocycles. The lowest BCUT2D eigenvalue weighted by molar-refractivity contribution is -0.137. The number of carbonyl (C=O) groups excluding carboxylic acids is 1. The van der Waals surface area contributed by atoms with Crippen LogP contribution in [0, 0.1) is 0 Å². The minimum atomic E-state index is -4.52. The van der Waals surface area contributed by atoms with Gasteiger partial charge in [-0.2, -0.15) is 13.2 Å². The quantitative estimate of drug-likeness (QED) is 0.429. The van der Waals surface area contributed by atoms with E-state index in [-0.39, 0.29) is 23.5 Å². The Balaban J connectivity index is 1.83. The normalized spacial score (nSPS) is 11.9. The predicted molar refractivity (Wildman–Crippen MR) is 110 cm³/mol. The maximum atomic E-state index is 13.1. The highest BCUT2D eigenvalue weighted by Crippen LogP contribution is 2.35. The van der Waals surface area contributed by atoms with Crippen LogP contribution in [0.15, 0.2) is 41.2 Å². The standard InChI is InChI=1S/C21H16F3N3O3S/c1-3-13-5-4-6-14-17(13)19(29)27(26-18(14)30-11(2)28)10-12-7-8-16-15(9-12)25-20(31-16)21(22,23)24/h4-9H,3,10H2,1-2H3. The zero-order valence-electron chi connectivity index (χ0n) is 16.5. The van der Waals surface area contributed by atoms with Crippen molar-refractivity contribution in [2.45, 2.75) is 33.0 Å². The topological polar surface area (TPSA) is 74.1 Å². The van der Waals surface area contributed by atoms with E-state index in [0.717, 1.165) is 10.2 Å². The van der Waals surface area contributed by atoms with E-state index in [0.29, 0.717) is 38.8 Å². The summed E-state index contributed by atoms with van der Waals surface area (Å²) in [5.74, 6) is -0.573. The molecular weight excluding hydrogens is 431 g/mol. The predicted octanol–water partition coefficient (Wildman–Crippen LogP) is 4.56. The molecule has 10 heteroatoms. The van der Waals surface area contributed by atoms with Crippen LogP contribution in [-0.4, -0.2) is 20.7 Å². The number of aryl methyl sites for hydroxylation is 1. The molecule has 0 unspecified atom stereocenters. The van der Waals surface area contributed by atoms with Crippen molar-refractivity contribution in [3.05, 3.63) is 62.9 Å². The van der Waals surface area contributed by atoms with Crippen molar-refractivity contribution in [1.82, 2.24) is 14.8 Å². The van der Waals surface area contributed by atoms with Gasteiger partial charge in [-0.3, -0.25) is 9.59 Å². The molecule has 0 amide bonds. The zero-order valence-corrected chi connectivity index (χ0v) is 17.3. The molecule has 0 aliphatic rings. The summed E-state index contributed by atoms with van der Waals surface area (Å²) in [6, 6.07) is 9.88. The summed E-state index contributed by atoms with van der Waals surface area (Å²) in [6.45, 7) is 3.12. The Bertz CT molecular complexity index is 1380. The number of hydrogen-bond donors (Lipinski definition) is 0. The molecule has 31 heavy (non-hydrogen) atoms. The van der Waals surface area contributed by atoms with E-state index in [9.17, 15) is 22.8 Å². The van der Waals surface area contributed by atoms with Crippen molar-refractivity contribution in [2.75, 3.05) is 0 Å². The number of alkyl halides is 3. The van der Waals surface area contributed by atoms with Crippen LogP contribution < -0.4 is 10.3 Å². The number of halogens is 3. The van der Waals surface area contributed by atoms with E-state index < -0.39 is 17.2 Å². The summed E-state index contributed by atoms with van der Waals surface area (Å²) in [4.78, 5) is 28.4. The summed E-state index contributed by atoms with van der Waals surface area (Å²) in [7, 11) is 0. The average Bonchev–Trinajstić information content (AvgIpc) is 3.14. The second kappa shape index (κ2) is 7.77. The number of fused-ring (bicyclic) bond motifs is 2. The van der Waals surface area contributed by atoms with Gasteiger partial charge in [-0.15, -0.1) is 16.4 Å². The first-order valence-electron chi connectivity index (χ1n) is 9.35. The second-order valence-electron chi connectivity index (χ2n) is 6.87. The van der Waals surface area contributed by atoms with Crippen LogP contribution >= 0.6 is 11.3 Å².